The van der Waals surface area contributed by atoms with Crippen LogP contribution < -0.4 is 10.6 Å². The Morgan fingerprint density at radius 2 is 2.30 bits per heavy atom. The van der Waals surface area contributed by atoms with Gasteiger partial charge >= 0.3 is 0 Å². The topological polar surface area (TPSA) is 82.7 Å². The fraction of sp³-hybridized carbons (Fsp3) is 0.308. The van der Waals surface area contributed by atoms with Gasteiger partial charge in [0.1, 0.15) is 0 Å². The largest absolute Gasteiger partial charge is 0.345 e. The smallest absolute Gasteiger partial charge is 0.272 e. The monoisotopic (exact) mass is 293 g/mol. The van der Waals surface area contributed by atoms with Gasteiger partial charge in [-0.25, -0.2) is 0 Å². The number of halogens is 1. The van der Waals surface area contributed by atoms with E-state index in [-0.39, 0.29) is 18.3 Å². The SMILES string of the molecule is Cl.O=C(NCc1ccccn1)c1n[nH]c2c1CNCC2. The van der Waals surface area contributed by atoms with Crippen LogP contribution in [0.25, 0.3) is 0 Å². The molecule has 0 atom stereocenters. The molecule has 0 saturated heterocycles. The predicted molar refractivity (Wildman–Crippen MR) is 76.7 cm³/mol. The molecule has 20 heavy (non-hydrogen) atoms. The van der Waals surface area contributed by atoms with Crippen LogP contribution in [0.5, 0.6) is 0 Å². The van der Waals surface area contributed by atoms with Gasteiger partial charge in [0.2, 0.25) is 0 Å². The van der Waals surface area contributed by atoms with Crippen molar-refractivity contribution in [3.8, 4) is 0 Å². The Morgan fingerprint density at radius 3 is 3.10 bits per heavy atom. The van der Waals surface area contributed by atoms with Crippen LogP contribution in [0.2, 0.25) is 0 Å². The fourth-order valence-corrected chi connectivity index (χ4v) is 2.17. The minimum Gasteiger partial charge on any atom is -0.345 e. The Hall–Kier alpha value is -1.92. The number of nitrogens with one attached hydrogen (secondary N) is 3. The molecule has 0 bridgehead atoms. The molecule has 3 heterocycles. The van der Waals surface area contributed by atoms with Crippen molar-refractivity contribution in [2.75, 3.05) is 6.54 Å². The Kier molecular flexibility index (Phi) is 4.70. The number of aromatic nitrogens is 3. The normalized spacial score (nSPS) is 13.2. The van der Waals surface area contributed by atoms with E-state index in [2.05, 4.69) is 25.8 Å². The summed E-state index contributed by atoms with van der Waals surface area (Å²) in [5, 5.41) is 13.1. The van der Waals surface area contributed by atoms with E-state index in [1.54, 1.807) is 6.20 Å². The summed E-state index contributed by atoms with van der Waals surface area (Å²) in [6, 6.07) is 5.62. The Bertz CT molecular complexity index is 584. The van der Waals surface area contributed by atoms with E-state index in [0.717, 1.165) is 29.9 Å². The summed E-state index contributed by atoms with van der Waals surface area (Å²) < 4.78 is 0. The van der Waals surface area contributed by atoms with Gasteiger partial charge in [-0.1, -0.05) is 6.07 Å². The molecule has 7 heteroatoms. The molecule has 1 aliphatic rings. The van der Waals surface area contributed by atoms with E-state index in [1.807, 2.05) is 18.2 Å². The first-order valence-electron chi connectivity index (χ1n) is 6.29. The summed E-state index contributed by atoms with van der Waals surface area (Å²) in [7, 11) is 0. The molecule has 1 amide bonds. The van der Waals surface area contributed by atoms with Crippen molar-refractivity contribution in [1.29, 1.82) is 0 Å². The molecule has 0 unspecified atom stereocenters. The molecule has 3 N–H and O–H groups in total. The first-order chi connectivity index (χ1) is 9.34. The lowest BCUT2D eigenvalue weighted by Crippen LogP contribution is -2.28. The number of hydrogen-bond donors (Lipinski definition) is 3. The minimum absolute atomic E-state index is 0. The minimum atomic E-state index is -0.160. The van der Waals surface area contributed by atoms with Gasteiger partial charge in [0, 0.05) is 37.0 Å². The highest BCUT2D eigenvalue weighted by molar-refractivity contribution is 5.93. The van der Waals surface area contributed by atoms with Crippen LogP contribution in [-0.2, 0) is 19.5 Å². The number of pyridine rings is 1. The average molecular weight is 294 g/mol. The maximum Gasteiger partial charge on any atom is 0.272 e. The molecule has 0 aromatic carbocycles. The molecule has 0 aliphatic carbocycles. The standard InChI is InChI=1S/C13H15N5O.ClH/c19-13(16-7-9-3-1-2-5-15-9)12-10-8-14-6-4-11(10)17-18-12;/h1-3,5,14H,4,6-8H2,(H,16,19)(H,17,18);1H. The summed E-state index contributed by atoms with van der Waals surface area (Å²) in [4.78, 5) is 16.3. The lowest BCUT2D eigenvalue weighted by Gasteiger charge is -2.12. The van der Waals surface area contributed by atoms with Gasteiger partial charge in [0.05, 0.1) is 12.2 Å². The highest BCUT2D eigenvalue weighted by atomic mass is 35.5. The molecule has 0 fully saturated rings. The second-order valence-corrected chi connectivity index (χ2v) is 4.46. The maximum absolute atomic E-state index is 12.1. The Labute approximate surface area is 122 Å². The third kappa shape index (κ3) is 2.97. The van der Waals surface area contributed by atoms with E-state index < -0.39 is 0 Å². The molecule has 1 aliphatic heterocycles. The number of aromatic amines is 1. The Balaban J connectivity index is 0.00000147. The number of amides is 1. The van der Waals surface area contributed by atoms with Gasteiger partial charge in [-0.15, -0.1) is 12.4 Å². The fourth-order valence-electron chi connectivity index (χ4n) is 2.17. The molecule has 0 saturated carbocycles. The average Bonchev–Trinajstić information content (AvgIpc) is 2.90. The van der Waals surface area contributed by atoms with E-state index in [1.165, 1.54) is 0 Å². The molecule has 2 aromatic heterocycles. The van der Waals surface area contributed by atoms with E-state index in [0.29, 0.717) is 18.8 Å². The van der Waals surface area contributed by atoms with Crippen LogP contribution in [0.15, 0.2) is 24.4 Å². The maximum atomic E-state index is 12.1. The van der Waals surface area contributed by atoms with Crippen LogP contribution >= 0.6 is 12.4 Å². The van der Waals surface area contributed by atoms with Gasteiger partial charge in [0.15, 0.2) is 5.69 Å². The number of nitrogens with zero attached hydrogens (tertiary/aromatic N) is 2. The highest BCUT2D eigenvalue weighted by Crippen LogP contribution is 2.15. The summed E-state index contributed by atoms with van der Waals surface area (Å²) >= 11 is 0. The molecule has 0 spiro atoms. The molecular formula is C13H16ClN5O. The first kappa shape index (κ1) is 14.5. The van der Waals surface area contributed by atoms with Crippen molar-refractivity contribution in [3.05, 3.63) is 47.0 Å². The van der Waals surface area contributed by atoms with Crippen molar-refractivity contribution in [1.82, 2.24) is 25.8 Å². The number of carbonyl (C=O) groups excluding carboxylic acids is 1. The van der Waals surface area contributed by atoms with Crippen molar-refractivity contribution in [2.45, 2.75) is 19.5 Å². The molecule has 106 valence electrons. The van der Waals surface area contributed by atoms with Crippen LogP contribution in [-0.4, -0.2) is 27.6 Å². The van der Waals surface area contributed by atoms with Gasteiger partial charge < -0.3 is 10.6 Å². The van der Waals surface area contributed by atoms with Crippen molar-refractivity contribution in [3.63, 3.8) is 0 Å². The van der Waals surface area contributed by atoms with Gasteiger partial charge in [-0.3, -0.25) is 14.9 Å². The number of hydrogen-bond acceptors (Lipinski definition) is 4. The second kappa shape index (κ2) is 6.49. The first-order valence-corrected chi connectivity index (χ1v) is 6.29. The van der Waals surface area contributed by atoms with Gasteiger partial charge in [-0.05, 0) is 12.1 Å². The zero-order valence-electron chi connectivity index (χ0n) is 10.8. The molecule has 3 rings (SSSR count). The summed E-state index contributed by atoms with van der Waals surface area (Å²) in [6.07, 6.45) is 2.59. The van der Waals surface area contributed by atoms with Crippen molar-refractivity contribution in [2.24, 2.45) is 0 Å². The Morgan fingerprint density at radius 1 is 1.40 bits per heavy atom. The second-order valence-electron chi connectivity index (χ2n) is 4.46. The summed E-state index contributed by atoms with van der Waals surface area (Å²) in [5.41, 5.74) is 3.35. The van der Waals surface area contributed by atoms with Crippen molar-refractivity contribution < 1.29 is 4.79 Å². The summed E-state index contributed by atoms with van der Waals surface area (Å²) in [6.45, 7) is 2.02. The predicted octanol–water partition coefficient (Wildman–Crippen LogP) is 0.802. The number of carbonyl (C=O) groups is 1. The lowest BCUT2D eigenvalue weighted by atomic mass is 10.1. The van der Waals surface area contributed by atoms with Crippen LogP contribution in [0.1, 0.15) is 27.4 Å². The third-order valence-corrected chi connectivity index (χ3v) is 3.18. The van der Waals surface area contributed by atoms with Crippen molar-refractivity contribution >= 4 is 18.3 Å². The lowest BCUT2D eigenvalue weighted by molar-refractivity contribution is 0.0944. The van der Waals surface area contributed by atoms with E-state index in [4.69, 9.17) is 0 Å². The van der Waals surface area contributed by atoms with E-state index >= 15 is 0 Å². The van der Waals surface area contributed by atoms with E-state index in [9.17, 15) is 4.79 Å². The van der Waals surface area contributed by atoms with Crippen LogP contribution in [0, 0.1) is 0 Å². The number of fused-ring (bicyclic) bond motifs is 1. The number of rotatable bonds is 3. The zero-order valence-corrected chi connectivity index (χ0v) is 11.7. The molecule has 6 nitrogen and oxygen atoms in total. The summed E-state index contributed by atoms with van der Waals surface area (Å²) in [5.74, 6) is -0.160. The van der Waals surface area contributed by atoms with Gasteiger partial charge in [-0.2, -0.15) is 5.10 Å². The van der Waals surface area contributed by atoms with Crippen LogP contribution in [0.3, 0.4) is 0 Å². The van der Waals surface area contributed by atoms with Crippen LogP contribution in [0.4, 0.5) is 0 Å². The zero-order chi connectivity index (χ0) is 13.1. The number of H-pyrrole nitrogens is 1. The quantitative estimate of drug-likeness (QED) is 0.782. The highest BCUT2D eigenvalue weighted by Gasteiger charge is 2.21. The molecular weight excluding hydrogens is 278 g/mol. The van der Waals surface area contributed by atoms with Gasteiger partial charge in [0.25, 0.3) is 5.91 Å². The molecule has 0 radical (unpaired) electrons. The third-order valence-electron chi connectivity index (χ3n) is 3.18. The molecule has 2 aromatic rings.